The Morgan fingerprint density at radius 1 is 1.50 bits per heavy atom. The van der Waals surface area contributed by atoms with Gasteiger partial charge in [-0.15, -0.1) is 0 Å². The number of ether oxygens (including phenoxy) is 1. The van der Waals surface area contributed by atoms with Crippen molar-refractivity contribution in [2.75, 3.05) is 0 Å². The molecule has 0 aromatic heterocycles. The lowest BCUT2D eigenvalue weighted by atomic mass is 10.0. The molecule has 2 nitrogen and oxygen atoms in total. The molecule has 0 heterocycles. The summed E-state index contributed by atoms with van der Waals surface area (Å²) in [4.78, 5) is 11.0. The maximum Gasteiger partial charge on any atom is 0.335 e. The zero-order chi connectivity index (χ0) is 10.4. The van der Waals surface area contributed by atoms with E-state index in [9.17, 15) is 4.79 Å². The molecule has 2 heteroatoms. The molecule has 74 valence electrons. The largest absolute Gasteiger partial charge is 0.423 e. The summed E-state index contributed by atoms with van der Waals surface area (Å²) in [6.07, 6.45) is 10.9. The number of esters is 1. The van der Waals surface area contributed by atoms with Gasteiger partial charge in [-0.1, -0.05) is 24.8 Å². The van der Waals surface area contributed by atoms with Crippen molar-refractivity contribution in [2.45, 2.75) is 19.8 Å². The van der Waals surface area contributed by atoms with E-state index in [1.807, 2.05) is 25.2 Å². The van der Waals surface area contributed by atoms with Crippen LogP contribution < -0.4 is 0 Å². The fourth-order valence-electron chi connectivity index (χ4n) is 1.25. The van der Waals surface area contributed by atoms with Crippen molar-refractivity contribution in [1.82, 2.24) is 0 Å². The normalized spacial score (nSPS) is 16.1. The molecule has 0 atom stereocenters. The van der Waals surface area contributed by atoms with Gasteiger partial charge < -0.3 is 4.74 Å². The van der Waals surface area contributed by atoms with Gasteiger partial charge in [-0.3, -0.25) is 0 Å². The molecule has 0 aromatic carbocycles. The number of carbonyl (C=O) groups is 1. The standard InChI is InChI=1S/C12H14O2/c1-3-7-10-8-5-6-9-11(10)14-12(13)4-2/h3-4,7-9H,2,5-6H2,1H3/b7-3+. The third-order valence-corrected chi connectivity index (χ3v) is 1.87. The Labute approximate surface area is 84.3 Å². The van der Waals surface area contributed by atoms with Crippen molar-refractivity contribution in [3.05, 3.63) is 48.3 Å². The van der Waals surface area contributed by atoms with Crippen LogP contribution in [0, 0.1) is 0 Å². The van der Waals surface area contributed by atoms with Gasteiger partial charge in [0.1, 0.15) is 5.76 Å². The molecular weight excluding hydrogens is 176 g/mol. The molecule has 0 spiro atoms. The van der Waals surface area contributed by atoms with E-state index >= 15 is 0 Å². The van der Waals surface area contributed by atoms with Crippen LogP contribution in [0.25, 0.3) is 0 Å². The predicted molar refractivity (Wildman–Crippen MR) is 56.5 cm³/mol. The van der Waals surface area contributed by atoms with E-state index in [0.29, 0.717) is 5.76 Å². The summed E-state index contributed by atoms with van der Waals surface area (Å²) < 4.78 is 5.09. The molecule has 0 bridgehead atoms. The molecule has 1 rings (SSSR count). The highest BCUT2D eigenvalue weighted by Crippen LogP contribution is 2.21. The van der Waals surface area contributed by atoms with Crippen LogP contribution in [0.1, 0.15) is 19.8 Å². The summed E-state index contributed by atoms with van der Waals surface area (Å²) in [6.45, 7) is 5.29. The lowest BCUT2D eigenvalue weighted by molar-refractivity contribution is -0.133. The lowest BCUT2D eigenvalue weighted by Gasteiger charge is -2.12. The third kappa shape index (κ3) is 2.73. The monoisotopic (exact) mass is 190 g/mol. The summed E-state index contributed by atoms with van der Waals surface area (Å²) in [5.74, 6) is 0.229. The first-order chi connectivity index (χ1) is 6.77. The Balaban J connectivity index is 2.75. The highest BCUT2D eigenvalue weighted by molar-refractivity contribution is 5.82. The van der Waals surface area contributed by atoms with Crippen molar-refractivity contribution in [2.24, 2.45) is 0 Å². The zero-order valence-electron chi connectivity index (χ0n) is 8.32. The molecule has 1 aliphatic carbocycles. The van der Waals surface area contributed by atoms with E-state index in [-0.39, 0.29) is 0 Å². The smallest absolute Gasteiger partial charge is 0.335 e. The average Bonchev–Trinajstić information content (AvgIpc) is 2.21. The van der Waals surface area contributed by atoms with E-state index in [0.717, 1.165) is 18.4 Å². The number of rotatable bonds is 3. The molecule has 0 aliphatic heterocycles. The Hall–Kier alpha value is -1.57. The zero-order valence-corrected chi connectivity index (χ0v) is 8.32. The van der Waals surface area contributed by atoms with Crippen LogP contribution >= 0.6 is 0 Å². The van der Waals surface area contributed by atoms with Crippen molar-refractivity contribution >= 4 is 5.97 Å². The van der Waals surface area contributed by atoms with Crippen LogP contribution in [-0.4, -0.2) is 5.97 Å². The Kier molecular flexibility index (Phi) is 3.92. The van der Waals surface area contributed by atoms with Crippen molar-refractivity contribution in [3.63, 3.8) is 0 Å². The fourth-order valence-corrected chi connectivity index (χ4v) is 1.25. The molecule has 0 N–H and O–H groups in total. The number of hydrogen-bond acceptors (Lipinski definition) is 2. The quantitative estimate of drug-likeness (QED) is 0.505. The van der Waals surface area contributed by atoms with E-state index in [2.05, 4.69) is 12.7 Å². The first-order valence-electron chi connectivity index (χ1n) is 4.65. The summed E-state index contributed by atoms with van der Waals surface area (Å²) in [5.41, 5.74) is 0.967. The summed E-state index contributed by atoms with van der Waals surface area (Å²) in [7, 11) is 0. The predicted octanol–water partition coefficient (Wildman–Crippen LogP) is 2.90. The highest BCUT2D eigenvalue weighted by Gasteiger charge is 2.09. The molecule has 0 aromatic rings. The van der Waals surface area contributed by atoms with Crippen molar-refractivity contribution in [3.8, 4) is 0 Å². The topological polar surface area (TPSA) is 26.3 Å². The molecule has 0 amide bonds. The molecule has 0 fully saturated rings. The second-order valence-electron chi connectivity index (χ2n) is 2.93. The van der Waals surface area contributed by atoms with Gasteiger partial charge in [0.05, 0.1) is 0 Å². The Morgan fingerprint density at radius 3 is 2.86 bits per heavy atom. The average molecular weight is 190 g/mol. The Bertz CT molecular complexity index is 319. The van der Waals surface area contributed by atoms with Crippen LogP contribution in [0.5, 0.6) is 0 Å². The van der Waals surface area contributed by atoms with Gasteiger partial charge in [0.25, 0.3) is 0 Å². The third-order valence-electron chi connectivity index (χ3n) is 1.87. The van der Waals surface area contributed by atoms with Crippen molar-refractivity contribution < 1.29 is 9.53 Å². The minimum atomic E-state index is -0.409. The van der Waals surface area contributed by atoms with E-state index in [4.69, 9.17) is 4.74 Å². The van der Waals surface area contributed by atoms with E-state index in [1.54, 1.807) is 0 Å². The summed E-state index contributed by atoms with van der Waals surface area (Å²) in [6, 6.07) is 0. The first kappa shape index (κ1) is 10.5. The van der Waals surface area contributed by atoms with Crippen LogP contribution in [0.4, 0.5) is 0 Å². The molecule has 14 heavy (non-hydrogen) atoms. The molecule has 1 aliphatic rings. The molecule has 0 unspecified atom stereocenters. The molecule has 0 radical (unpaired) electrons. The minimum absolute atomic E-state index is 0.409. The summed E-state index contributed by atoms with van der Waals surface area (Å²) >= 11 is 0. The van der Waals surface area contributed by atoms with Crippen LogP contribution in [0.15, 0.2) is 48.3 Å². The maximum absolute atomic E-state index is 11.0. The van der Waals surface area contributed by atoms with Gasteiger partial charge in [0.2, 0.25) is 0 Å². The number of carbonyl (C=O) groups excluding carboxylic acids is 1. The molecule has 0 saturated carbocycles. The summed E-state index contributed by atoms with van der Waals surface area (Å²) in [5, 5.41) is 0. The fraction of sp³-hybridized carbons (Fsp3) is 0.250. The van der Waals surface area contributed by atoms with Gasteiger partial charge in [0, 0.05) is 11.6 Å². The van der Waals surface area contributed by atoms with E-state index < -0.39 is 5.97 Å². The first-order valence-corrected chi connectivity index (χ1v) is 4.65. The Morgan fingerprint density at radius 2 is 2.21 bits per heavy atom. The van der Waals surface area contributed by atoms with Gasteiger partial charge in [0.15, 0.2) is 0 Å². The SMILES string of the molecule is C=CC(=O)OC1=CCCC=C1/C=C/C. The number of allylic oxidation sites excluding steroid dienone is 4. The molecular formula is C12H14O2. The minimum Gasteiger partial charge on any atom is -0.423 e. The van der Waals surface area contributed by atoms with Gasteiger partial charge >= 0.3 is 5.97 Å². The van der Waals surface area contributed by atoms with Gasteiger partial charge in [-0.25, -0.2) is 4.79 Å². The van der Waals surface area contributed by atoms with Gasteiger partial charge in [-0.05, 0) is 25.8 Å². The van der Waals surface area contributed by atoms with Crippen LogP contribution in [-0.2, 0) is 9.53 Å². The second kappa shape index (κ2) is 5.22. The maximum atomic E-state index is 11.0. The lowest BCUT2D eigenvalue weighted by Crippen LogP contribution is -2.04. The van der Waals surface area contributed by atoms with Gasteiger partial charge in [-0.2, -0.15) is 0 Å². The van der Waals surface area contributed by atoms with Crippen molar-refractivity contribution in [1.29, 1.82) is 0 Å². The van der Waals surface area contributed by atoms with E-state index in [1.165, 1.54) is 6.08 Å². The number of hydrogen-bond donors (Lipinski definition) is 0. The van der Waals surface area contributed by atoms with Crippen LogP contribution in [0.2, 0.25) is 0 Å². The highest BCUT2D eigenvalue weighted by atomic mass is 16.5. The molecule has 0 saturated heterocycles. The second-order valence-corrected chi connectivity index (χ2v) is 2.93. The van der Waals surface area contributed by atoms with Crippen LogP contribution in [0.3, 0.4) is 0 Å².